The summed E-state index contributed by atoms with van der Waals surface area (Å²) < 4.78 is 0. The van der Waals surface area contributed by atoms with Gasteiger partial charge in [0.15, 0.2) is 0 Å². The number of phenols is 1. The van der Waals surface area contributed by atoms with Crippen molar-refractivity contribution in [3.8, 4) is 5.75 Å². The second-order valence-electron chi connectivity index (χ2n) is 2.35. The zero-order valence-electron chi connectivity index (χ0n) is 8.57. The molecular weight excluding hydrogens is 178 g/mol. The number of phenolic OH excluding ortho intramolecular Hbond substituents is 1. The number of rotatable bonds is 0. The molecule has 1 N–H and O–H groups in total. The summed E-state index contributed by atoms with van der Waals surface area (Å²) in [5.74, 6) is 0.239. The van der Waals surface area contributed by atoms with Crippen molar-refractivity contribution >= 4 is 48.6 Å². The quantitative estimate of drug-likeness (QED) is 0.638. The van der Waals surface area contributed by atoms with Gasteiger partial charge >= 0.3 is 37.7 Å². The first-order chi connectivity index (χ1) is 5.38. The number of para-hydroxylation sites is 1. The van der Waals surface area contributed by atoms with E-state index in [1.807, 2.05) is 18.2 Å². The minimum Gasteiger partial charge on any atom is -1.00 e. The molecule has 1 heterocycles. The van der Waals surface area contributed by atoms with Gasteiger partial charge in [-0.2, -0.15) is 0 Å². The van der Waals surface area contributed by atoms with Crippen LogP contribution in [0, 0.1) is 0 Å². The molecule has 0 aliphatic rings. The first-order valence-electron chi connectivity index (χ1n) is 3.40. The summed E-state index contributed by atoms with van der Waals surface area (Å²) in [6, 6.07) is 9.13. The van der Waals surface area contributed by atoms with Crippen molar-refractivity contribution in [2.45, 2.75) is 0 Å². The molecule has 3 heteroatoms. The van der Waals surface area contributed by atoms with Crippen LogP contribution in [0.4, 0.5) is 0 Å². The Kier molecular flexibility index (Phi) is 3.32. The summed E-state index contributed by atoms with van der Waals surface area (Å²) in [5, 5.41) is 10.3. The Morgan fingerprint density at radius 3 is 2.67 bits per heavy atom. The Morgan fingerprint density at radius 2 is 1.92 bits per heavy atom. The van der Waals surface area contributed by atoms with Gasteiger partial charge in [0.1, 0.15) is 11.3 Å². The normalized spacial score (nSPS) is 9.33. The molecule has 0 unspecified atom stereocenters. The van der Waals surface area contributed by atoms with Gasteiger partial charge in [-0.1, -0.05) is 18.2 Å². The molecule has 0 amide bonds. The van der Waals surface area contributed by atoms with Crippen LogP contribution >= 0.6 is 0 Å². The molecule has 0 radical (unpaired) electrons. The van der Waals surface area contributed by atoms with E-state index in [1.54, 1.807) is 18.3 Å². The molecule has 0 saturated heterocycles. The molecule has 0 bridgehead atoms. The number of aromatic nitrogens is 1. The van der Waals surface area contributed by atoms with Crippen LogP contribution in [0.25, 0.3) is 10.9 Å². The third kappa shape index (κ3) is 1.71. The van der Waals surface area contributed by atoms with Crippen molar-refractivity contribution in [1.82, 2.24) is 4.98 Å². The van der Waals surface area contributed by atoms with Gasteiger partial charge in [-0.25, -0.2) is 0 Å². The number of hydrogen-bond acceptors (Lipinski definition) is 2. The summed E-state index contributed by atoms with van der Waals surface area (Å²) in [5.41, 5.74) is 0.662. The number of aromatic hydroxyl groups is 1. The molecule has 1 aromatic heterocycles. The summed E-state index contributed by atoms with van der Waals surface area (Å²) in [6.45, 7) is 0. The van der Waals surface area contributed by atoms with E-state index >= 15 is 0 Å². The molecule has 2 aromatic rings. The maximum Gasteiger partial charge on any atom is 2.00 e. The van der Waals surface area contributed by atoms with E-state index in [4.69, 9.17) is 0 Å². The molecule has 0 saturated carbocycles. The van der Waals surface area contributed by atoms with Gasteiger partial charge in [-0.05, 0) is 12.1 Å². The largest absolute Gasteiger partial charge is 2.00 e. The summed E-state index contributed by atoms with van der Waals surface area (Å²) in [4.78, 5) is 4.03. The first-order valence-corrected chi connectivity index (χ1v) is 3.40. The van der Waals surface area contributed by atoms with Crippen molar-refractivity contribution in [1.29, 1.82) is 0 Å². The molecule has 0 aliphatic carbocycles. The van der Waals surface area contributed by atoms with E-state index in [0.29, 0.717) is 5.52 Å². The van der Waals surface area contributed by atoms with Crippen LogP contribution in [0.15, 0.2) is 36.5 Å². The second kappa shape index (κ2) is 4.08. The van der Waals surface area contributed by atoms with Crippen LogP contribution < -0.4 is 0 Å². The van der Waals surface area contributed by atoms with Crippen molar-refractivity contribution < 1.29 is 7.96 Å². The number of hydrogen-bond donors (Lipinski definition) is 1. The van der Waals surface area contributed by atoms with Gasteiger partial charge in [0, 0.05) is 11.6 Å². The fourth-order valence-electron chi connectivity index (χ4n) is 1.09. The monoisotopic (exact) mass is 187 g/mol. The van der Waals surface area contributed by atoms with Crippen molar-refractivity contribution in [3.05, 3.63) is 36.5 Å². The molecule has 1 aromatic carbocycles. The van der Waals surface area contributed by atoms with Crippen LogP contribution in [0.3, 0.4) is 0 Å². The fraction of sp³-hybridized carbons (Fsp3) is 0. The van der Waals surface area contributed by atoms with Crippen LogP contribution in [0.1, 0.15) is 2.85 Å². The zero-order valence-corrected chi connectivity index (χ0v) is 8.77. The van der Waals surface area contributed by atoms with E-state index in [0.717, 1.165) is 5.39 Å². The third-order valence-electron chi connectivity index (χ3n) is 1.61. The predicted molar refractivity (Wildman–Crippen MR) is 51.4 cm³/mol. The van der Waals surface area contributed by atoms with E-state index in [9.17, 15) is 5.11 Å². The Morgan fingerprint density at radius 1 is 1.17 bits per heavy atom. The van der Waals surface area contributed by atoms with Crippen LogP contribution in [0.5, 0.6) is 5.75 Å². The smallest absolute Gasteiger partial charge is 1.00 e. The molecule has 58 valence electrons. The Hall–Kier alpha value is -0.310. The number of benzene rings is 1. The Bertz CT molecular complexity index is 392. The summed E-state index contributed by atoms with van der Waals surface area (Å²) in [6.07, 6.45) is 1.67. The third-order valence-corrected chi connectivity index (χ3v) is 1.61. The second-order valence-corrected chi connectivity index (χ2v) is 2.35. The van der Waals surface area contributed by atoms with Gasteiger partial charge in [0.05, 0.1) is 0 Å². The molecule has 0 fully saturated rings. The maximum absolute atomic E-state index is 9.31. The number of pyridine rings is 1. The number of fused-ring (bicyclic) bond motifs is 1. The van der Waals surface area contributed by atoms with E-state index in [2.05, 4.69) is 4.98 Å². The molecule has 0 atom stereocenters. The standard InChI is InChI=1S/C9H7NO.Ca.2H/c11-8-5-1-3-7-4-2-6-10-9(7)8;;;/h1-6,11H;;;/q;+2;2*-1. The molecule has 12 heavy (non-hydrogen) atoms. The number of nitrogens with zero attached hydrogens (tertiary/aromatic N) is 1. The van der Waals surface area contributed by atoms with Gasteiger partial charge in [-0.15, -0.1) is 0 Å². The first kappa shape index (κ1) is 9.78. The average Bonchev–Trinajstić information content (AvgIpc) is 2.06. The summed E-state index contributed by atoms with van der Waals surface area (Å²) in [7, 11) is 0. The topological polar surface area (TPSA) is 33.1 Å². The molecule has 2 rings (SSSR count). The van der Waals surface area contributed by atoms with Crippen LogP contribution in [-0.4, -0.2) is 47.8 Å². The Labute approximate surface area is 103 Å². The van der Waals surface area contributed by atoms with E-state index in [-0.39, 0.29) is 46.3 Å². The van der Waals surface area contributed by atoms with E-state index < -0.39 is 0 Å². The van der Waals surface area contributed by atoms with Crippen molar-refractivity contribution in [2.24, 2.45) is 0 Å². The van der Waals surface area contributed by atoms with Gasteiger partial charge in [0.2, 0.25) is 0 Å². The van der Waals surface area contributed by atoms with Gasteiger partial charge < -0.3 is 7.96 Å². The molecule has 2 nitrogen and oxygen atoms in total. The SMILES string of the molecule is Oc1cccc2cccnc12.[Ca+2].[H-].[H-]. The van der Waals surface area contributed by atoms with Crippen LogP contribution in [0.2, 0.25) is 0 Å². The molecular formula is C9H9CaNO. The maximum atomic E-state index is 9.31. The van der Waals surface area contributed by atoms with Gasteiger partial charge in [0.25, 0.3) is 0 Å². The van der Waals surface area contributed by atoms with Crippen LogP contribution in [-0.2, 0) is 0 Å². The average molecular weight is 187 g/mol. The van der Waals surface area contributed by atoms with Crippen molar-refractivity contribution in [2.75, 3.05) is 0 Å². The fourth-order valence-corrected chi connectivity index (χ4v) is 1.09. The van der Waals surface area contributed by atoms with E-state index in [1.165, 1.54) is 0 Å². The van der Waals surface area contributed by atoms with Gasteiger partial charge in [-0.3, -0.25) is 4.98 Å². The van der Waals surface area contributed by atoms with Crippen molar-refractivity contribution in [3.63, 3.8) is 0 Å². The minimum atomic E-state index is 0. The zero-order chi connectivity index (χ0) is 7.68. The molecule has 0 spiro atoms. The predicted octanol–water partition coefficient (Wildman–Crippen LogP) is 1.78. The Balaban J connectivity index is 0. The summed E-state index contributed by atoms with van der Waals surface area (Å²) >= 11 is 0. The minimum absolute atomic E-state index is 0. The molecule has 0 aliphatic heterocycles.